The number of aryl methyl sites for hydroxylation is 3. The number of azo groups is 2. The van der Waals surface area contributed by atoms with Crippen LogP contribution >= 0.6 is 0 Å². The Morgan fingerprint density at radius 3 is 1.82 bits per heavy atom. The van der Waals surface area contributed by atoms with E-state index in [9.17, 15) is 0 Å². The number of imidazole rings is 2. The average Bonchev–Trinajstić information content (AvgIpc) is 3.74. The van der Waals surface area contributed by atoms with E-state index in [0.29, 0.717) is 34.9 Å². The van der Waals surface area contributed by atoms with E-state index in [1.165, 1.54) is 38.5 Å². The van der Waals surface area contributed by atoms with Crippen LogP contribution in [0.2, 0.25) is 0 Å². The largest absolute Gasteiger partial charge is 0.382 e. The number of rotatable bonds is 14. The zero-order valence-corrected chi connectivity index (χ0v) is 23.1. The van der Waals surface area contributed by atoms with Gasteiger partial charge in [-0.2, -0.15) is 10.2 Å². The minimum Gasteiger partial charge on any atom is -0.382 e. The van der Waals surface area contributed by atoms with Crippen molar-refractivity contribution in [2.75, 3.05) is 11.5 Å². The molecule has 14 nitrogen and oxygen atoms in total. The van der Waals surface area contributed by atoms with Gasteiger partial charge >= 0.3 is 0 Å². The predicted octanol–water partition coefficient (Wildman–Crippen LogP) is 6.38. The summed E-state index contributed by atoms with van der Waals surface area (Å²) in [4.78, 5) is 10.9. The van der Waals surface area contributed by atoms with Crippen molar-refractivity contribution in [1.29, 1.82) is 0 Å². The molecular formula is C25H40N14. The first-order valence-electron chi connectivity index (χ1n) is 13.5. The average molecular weight is 537 g/mol. The highest BCUT2D eigenvalue weighted by atomic mass is 15.3. The third-order valence-corrected chi connectivity index (χ3v) is 5.95. The molecule has 0 amide bonds. The minimum atomic E-state index is 0.454. The van der Waals surface area contributed by atoms with Gasteiger partial charge in [0.15, 0.2) is 0 Å². The highest BCUT2D eigenvalue weighted by molar-refractivity contribution is 5.56. The highest BCUT2D eigenvalue weighted by Gasteiger charge is 2.08. The Hall–Kier alpha value is -4.36. The SMILES string of the molecule is CCCCCCn1ncc(N=Nc2ncc[nH]2)c1N.CCCCCCn1ncc(N=Nc2nccn2C)c1N. The molecule has 0 aliphatic heterocycles. The first kappa shape index (κ1) is 29.2. The van der Waals surface area contributed by atoms with Gasteiger partial charge in [0.1, 0.15) is 23.0 Å². The monoisotopic (exact) mass is 536 g/mol. The number of nitrogens with zero attached hydrogens (tertiary/aromatic N) is 11. The van der Waals surface area contributed by atoms with Crippen molar-refractivity contribution in [3.63, 3.8) is 0 Å². The van der Waals surface area contributed by atoms with E-state index in [0.717, 1.165) is 25.9 Å². The second-order valence-corrected chi connectivity index (χ2v) is 9.05. The number of nitrogen functional groups attached to an aromatic ring is 2. The van der Waals surface area contributed by atoms with E-state index in [4.69, 9.17) is 11.5 Å². The van der Waals surface area contributed by atoms with E-state index in [2.05, 4.69) is 59.5 Å². The van der Waals surface area contributed by atoms with Crippen LogP contribution in [0.25, 0.3) is 0 Å². The molecule has 5 N–H and O–H groups in total. The van der Waals surface area contributed by atoms with Crippen LogP contribution in [0.4, 0.5) is 34.9 Å². The Morgan fingerprint density at radius 2 is 1.33 bits per heavy atom. The molecule has 0 saturated carbocycles. The first-order chi connectivity index (χ1) is 19.0. The number of H-pyrrole nitrogens is 1. The Balaban J connectivity index is 0.000000216. The van der Waals surface area contributed by atoms with Crippen molar-refractivity contribution >= 4 is 34.9 Å². The summed E-state index contributed by atoms with van der Waals surface area (Å²) in [5.74, 6) is 2.10. The van der Waals surface area contributed by atoms with Crippen molar-refractivity contribution in [1.82, 2.24) is 39.1 Å². The van der Waals surface area contributed by atoms with Crippen molar-refractivity contribution in [3.05, 3.63) is 37.2 Å². The Bertz CT molecular complexity index is 1280. The van der Waals surface area contributed by atoms with Gasteiger partial charge < -0.3 is 21.0 Å². The minimum absolute atomic E-state index is 0.454. The lowest BCUT2D eigenvalue weighted by Gasteiger charge is -2.03. The second kappa shape index (κ2) is 15.8. The topological polar surface area (TPSA) is 184 Å². The number of hydrogen-bond donors (Lipinski definition) is 3. The zero-order chi connectivity index (χ0) is 27.9. The standard InChI is InChI=1S/C13H21N7.C12H19N7/c1-3-4-5-6-8-20-12(14)11(10-16-20)17-18-13-15-7-9-19(13)2;1-2-3-4-5-8-19-11(13)10(9-16-19)17-18-12-14-6-7-15-12/h7,9-10H,3-6,8,14H2,1-2H3;6-7,9H,2-5,8,13H2,1H3,(H,14,15). The summed E-state index contributed by atoms with van der Waals surface area (Å²) in [6.07, 6.45) is 19.5. The molecule has 39 heavy (non-hydrogen) atoms. The quantitative estimate of drug-likeness (QED) is 0.124. The van der Waals surface area contributed by atoms with Crippen LogP contribution < -0.4 is 11.5 Å². The number of nitrogens with one attached hydrogen (secondary N) is 1. The van der Waals surface area contributed by atoms with Gasteiger partial charge in [-0.25, -0.2) is 19.3 Å². The van der Waals surface area contributed by atoms with E-state index >= 15 is 0 Å². The molecule has 0 aromatic carbocycles. The lowest BCUT2D eigenvalue weighted by molar-refractivity contribution is 0.547. The second-order valence-electron chi connectivity index (χ2n) is 9.05. The van der Waals surface area contributed by atoms with E-state index in [1.807, 2.05) is 13.2 Å². The number of aromatic amines is 1. The Kier molecular flexibility index (Phi) is 11.8. The molecule has 0 aliphatic carbocycles. The van der Waals surface area contributed by atoms with Gasteiger partial charge in [0, 0.05) is 44.9 Å². The number of hydrogen-bond acceptors (Lipinski definition) is 10. The molecule has 0 fully saturated rings. The Morgan fingerprint density at radius 1 is 0.744 bits per heavy atom. The summed E-state index contributed by atoms with van der Waals surface area (Å²) < 4.78 is 5.34. The fourth-order valence-electron chi connectivity index (χ4n) is 3.62. The van der Waals surface area contributed by atoms with Crippen LogP contribution in [-0.4, -0.2) is 39.1 Å². The van der Waals surface area contributed by atoms with Gasteiger partial charge in [0.05, 0.1) is 12.4 Å². The summed E-state index contributed by atoms with van der Waals surface area (Å²) in [5.41, 5.74) is 13.2. The molecule has 0 spiro atoms. The summed E-state index contributed by atoms with van der Waals surface area (Å²) >= 11 is 0. The maximum Gasteiger partial charge on any atom is 0.249 e. The highest BCUT2D eigenvalue weighted by Crippen LogP contribution is 2.24. The molecule has 4 heterocycles. The number of aromatic nitrogens is 8. The summed E-state index contributed by atoms with van der Waals surface area (Å²) in [5, 5.41) is 24.6. The van der Waals surface area contributed by atoms with Crippen molar-refractivity contribution in [2.24, 2.45) is 27.5 Å². The molecule has 0 saturated heterocycles. The number of anilines is 2. The van der Waals surface area contributed by atoms with Crippen molar-refractivity contribution < 1.29 is 0 Å². The predicted molar refractivity (Wildman–Crippen MR) is 152 cm³/mol. The lowest BCUT2D eigenvalue weighted by Crippen LogP contribution is -2.04. The molecule has 4 aromatic rings. The third-order valence-electron chi connectivity index (χ3n) is 5.95. The Labute approximate surface area is 228 Å². The lowest BCUT2D eigenvalue weighted by atomic mass is 10.2. The third kappa shape index (κ3) is 9.16. The molecule has 0 radical (unpaired) electrons. The molecule has 0 atom stereocenters. The number of nitrogens with two attached hydrogens (primary N) is 2. The van der Waals surface area contributed by atoms with E-state index < -0.39 is 0 Å². The van der Waals surface area contributed by atoms with Crippen molar-refractivity contribution in [3.8, 4) is 0 Å². The molecule has 4 aromatic heterocycles. The van der Waals surface area contributed by atoms with Gasteiger partial charge in [-0.3, -0.25) is 0 Å². The zero-order valence-electron chi connectivity index (χ0n) is 23.1. The first-order valence-corrected chi connectivity index (χ1v) is 13.5. The molecule has 14 heteroatoms. The van der Waals surface area contributed by atoms with Crippen LogP contribution in [0.5, 0.6) is 0 Å². The van der Waals surface area contributed by atoms with Crippen LogP contribution in [0.3, 0.4) is 0 Å². The van der Waals surface area contributed by atoms with E-state index in [-0.39, 0.29) is 0 Å². The number of unbranched alkanes of at least 4 members (excludes halogenated alkanes) is 6. The van der Waals surface area contributed by atoms with Gasteiger partial charge in [0.25, 0.3) is 0 Å². The summed E-state index contributed by atoms with van der Waals surface area (Å²) in [6.45, 7) is 6.03. The molecular weight excluding hydrogens is 496 g/mol. The fraction of sp³-hybridized carbons (Fsp3) is 0.520. The summed E-state index contributed by atoms with van der Waals surface area (Å²) in [6, 6.07) is 0. The smallest absolute Gasteiger partial charge is 0.249 e. The summed E-state index contributed by atoms with van der Waals surface area (Å²) in [7, 11) is 1.86. The van der Waals surface area contributed by atoms with Crippen LogP contribution in [-0.2, 0) is 20.1 Å². The molecule has 0 unspecified atom stereocenters. The van der Waals surface area contributed by atoms with Crippen molar-refractivity contribution in [2.45, 2.75) is 78.3 Å². The van der Waals surface area contributed by atoms with Crippen LogP contribution in [0.1, 0.15) is 65.2 Å². The van der Waals surface area contributed by atoms with Gasteiger partial charge in [-0.1, -0.05) is 52.4 Å². The maximum absolute atomic E-state index is 6.02. The fourth-order valence-corrected chi connectivity index (χ4v) is 3.62. The maximum atomic E-state index is 6.02. The molecule has 210 valence electrons. The van der Waals surface area contributed by atoms with E-state index in [1.54, 1.807) is 44.9 Å². The molecule has 0 aliphatic rings. The van der Waals surface area contributed by atoms with Crippen LogP contribution in [0, 0.1) is 0 Å². The normalized spacial score (nSPS) is 11.5. The van der Waals surface area contributed by atoms with Gasteiger partial charge in [0.2, 0.25) is 11.9 Å². The molecule has 4 rings (SSSR count). The van der Waals surface area contributed by atoms with Crippen LogP contribution in [0.15, 0.2) is 57.6 Å². The van der Waals surface area contributed by atoms with Gasteiger partial charge in [-0.05, 0) is 12.8 Å². The van der Waals surface area contributed by atoms with Gasteiger partial charge in [-0.15, -0.1) is 20.5 Å². The molecule has 0 bridgehead atoms.